The molecule has 7 nitrogen and oxygen atoms in total. The molecule has 1 fully saturated rings. The van der Waals surface area contributed by atoms with E-state index in [1.54, 1.807) is 43.3 Å². The number of imide groups is 1. The van der Waals surface area contributed by atoms with Crippen molar-refractivity contribution >= 4 is 29.3 Å². The lowest BCUT2D eigenvalue weighted by Gasteiger charge is -2.23. The molecule has 0 radical (unpaired) electrons. The molecule has 2 aromatic carbocycles. The molecule has 9 heteroatoms. The molecule has 28 heavy (non-hydrogen) atoms. The molecule has 0 aliphatic carbocycles. The Hall–Kier alpha value is -3.20. The lowest BCUT2D eigenvalue weighted by molar-refractivity contribution is -0.132. The second-order valence-electron chi connectivity index (χ2n) is 6.35. The van der Waals surface area contributed by atoms with Crippen molar-refractivity contribution in [3.05, 3.63) is 65.5 Å². The van der Waals surface area contributed by atoms with Crippen LogP contribution in [0.15, 0.2) is 48.5 Å². The first-order valence-corrected chi connectivity index (χ1v) is 8.84. The third-order valence-electron chi connectivity index (χ3n) is 4.42. The van der Waals surface area contributed by atoms with Crippen LogP contribution in [-0.2, 0) is 16.9 Å². The highest BCUT2D eigenvalue weighted by Gasteiger charge is 2.49. The summed E-state index contributed by atoms with van der Waals surface area (Å²) < 4.78 is 18.1. The number of ether oxygens (including phenoxy) is 1. The molecule has 0 bridgehead atoms. The first-order chi connectivity index (χ1) is 13.3. The van der Waals surface area contributed by atoms with Crippen LogP contribution >= 0.6 is 12.2 Å². The van der Waals surface area contributed by atoms with E-state index in [9.17, 15) is 14.0 Å². The van der Waals surface area contributed by atoms with Crippen LogP contribution in [0.2, 0.25) is 0 Å². The maximum Gasteiger partial charge on any atom is 0.344 e. The monoisotopic (exact) mass is 402 g/mol. The minimum atomic E-state index is -1.26. The third kappa shape index (κ3) is 3.89. The number of halogens is 1. The highest BCUT2D eigenvalue weighted by atomic mass is 32.1. The van der Waals surface area contributed by atoms with Gasteiger partial charge in [-0.15, -0.1) is 0 Å². The summed E-state index contributed by atoms with van der Waals surface area (Å²) in [6, 6.07) is 12.2. The molecule has 0 aromatic heterocycles. The van der Waals surface area contributed by atoms with Gasteiger partial charge in [0.15, 0.2) is 5.11 Å². The zero-order valence-corrected chi connectivity index (χ0v) is 16.1. The number of methoxy groups -OCH3 is 1. The summed E-state index contributed by atoms with van der Waals surface area (Å²) in [5, 5.41) is 6.47. The molecule has 1 atom stereocenters. The van der Waals surface area contributed by atoms with Gasteiger partial charge in [-0.25, -0.2) is 9.18 Å². The Morgan fingerprint density at radius 1 is 1.25 bits per heavy atom. The molecule has 1 saturated heterocycles. The van der Waals surface area contributed by atoms with Gasteiger partial charge < -0.3 is 15.4 Å². The molecule has 3 N–H and O–H groups in total. The van der Waals surface area contributed by atoms with E-state index in [-0.39, 0.29) is 10.9 Å². The summed E-state index contributed by atoms with van der Waals surface area (Å²) in [6.45, 7) is 1.92. The Morgan fingerprint density at radius 2 is 1.96 bits per heavy atom. The zero-order valence-electron chi connectivity index (χ0n) is 15.3. The molecular weight excluding hydrogens is 383 g/mol. The number of nitrogens with zero attached hydrogens (tertiary/aromatic N) is 1. The van der Waals surface area contributed by atoms with Crippen LogP contribution in [0.5, 0.6) is 5.75 Å². The van der Waals surface area contributed by atoms with E-state index in [2.05, 4.69) is 16.1 Å². The van der Waals surface area contributed by atoms with Crippen molar-refractivity contribution in [3.63, 3.8) is 0 Å². The average molecular weight is 402 g/mol. The Morgan fingerprint density at radius 3 is 2.64 bits per heavy atom. The average Bonchev–Trinajstić information content (AvgIpc) is 2.91. The molecule has 1 aliphatic heterocycles. The number of carbonyl (C=O) groups is 2. The standard InChI is InChI=1S/C19H19FN4O3S/c1-19(13-4-3-5-15(10-13)27-2)16(25)24(18(26)22-19)23-17(28)21-11-12-6-8-14(20)9-7-12/h3-10H,11H2,1-2H3,(H,22,26)(H2,21,23,28). The maximum atomic E-state index is 12.9. The molecule has 2 aromatic rings. The smallest absolute Gasteiger partial charge is 0.344 e. The number of thiocarbonyl (C=S) groups is 1. The molecule has 146 valence electrons. The number of urea groups is 1. The van der Waals surface area contributed by atoms with Gasteiger partial charge in [0.05, 0.1) is 7.11 Å². The van der Waals surface area contributed by atoms with E-state index in [0.29, 0.717) is 17.9 Å². The number of carbonyl (C=O) groups excluding carboxylic acids is 2. The van der Waals surface area contributed by atoms with E-state index in [4.69, 9.17) is 17.0 Å². The van der Waals surface area contributed by atoms with Crippen LogP contribution in [-0.4, -0.2) is 29.2 Å². The van der Waals surface area contributed by atoms with Crippen LogP contribution in [0.1, 0.15) is 18.1 Å². The first-order valence-electron chi connectivity index (χ1n) is 8.43. The Labute approximate surface area is 166 Å². The predicted molar refractivity (Wildman–Crippen MR) is 105 cm³/mol. The highest BCUT2D eigenvalue weighted by Crippen LogP contribution is 2.30. The van der Waals surface area contributed by atoms with Crippen molar-refractivity contribution in [1.82, 2.24) is 21.1 Å². The van der Waals surface area contributed by atoms with E-state index in [1.165, 1.54) is 19.2 Å². The number of rotatable bonds is 5. The minimum Gasteiger partial charge on any atom is -0.497 e. The van der Waals surface area contributed by atoms with Gasteiger partial charge in [0.25, 0.3) is 5.91 Å². The van der Waals surface area contributed by atoms with E-state index in [1.807, 2.05) is 0 Å². The van der Waals surface area contributed by atoms with Gasteiger partial charge in [-0.05, 0) is 54.5 Å². The molecule has 0 spiro atoms. The lowest BCUT2D eigenvalue weighted by atomic mass is 9.92. The first kappa shape index (κ1) is 19.6. The van der Waals surface area contributed by atoms with Gasteiger partial charge in [0, 0.05) is 6.54 Å². The normalized spacial score (nSPS) is 18.6. The van der Waals surface area contributed by atoms with E-state index < -0.39 is 17.5 Å². The summed E-state index contributed by atoms with van der Waals surface area (Å²) >= 11 is 5.16. The van der Waals surface area contributed by atoms with Crippen molar-refractivity contribution in [3.8, 4) is 5.75 Å². The highest BCUT2D eigenvalue weighted by molar-refractivity contribution is 7.80. The Bertz CT molecular complexity index is 922. The fourth-order valence-corrected chi connectivity index (χ4v) is 2.96. The fourth-order valence-electron chi connectivity index (χ4n) is 2.80. The molecule has 0 saturated carbocycles. The van der Waals surface area contributed by atoms with Crippen molar-refractivity contribution in [2.75, 3.05) is 7.11 Å². The van der Waals surface area contributed by atoms with Crippen LogP contribution in [0, 0.1) is 5.82 Å². The molecule has 3 amide bonds. The summed E-state index contributed by atoms with van der Waals surface area (Å²) in [5.41, 5.74) is 2.72. The van der Waals surface area contributed by atoms with Crippen LogP contribution < -0.4 is 20.8 Å². The van der Waals surface area contributed by atoms with Gasteiger partial charge in [0.1, 0.15) is 17.1 Å². The molecule has 1 unspecified atom stereocenters. The number of hydrogen-bond acceptors (Lipinski definition) is 4. The Kier molecular flexibility index (Phi) is 5.46. The van der Waals surface area contributed by atoms with Crippen LogP contribution in [0.25, 0.3) is 0 Å². The van der Waals surface area contributed by atoms with Crippen molar-refractivity contribution in [2.45, 2.75) is 19.0 Å². The SMILES string of the molecule is COc1cccc(C2(C)NC(=O)N(NC(=S)NCc3ccc(F)cc3)C2=O)c1. The number of benzene rings is 2. The zero-order chi connectivity index (χ0) is 20.3. The van der Waals surface area contributed by atoms with E-state index in [0.717, 1.165) is 10.6 Å². The summed E-state index contributed by atoms with van der Waals surface area (Å²) in [5.74, 6) is -0.263. The molecule has 3 rings (SSSR count). The lowest BCUT2D eigenvalue weighted by Crippen LogP contribution is -2.51. The third-order valence-corrected chi connectivity index (χ3v) is 4.65. The molecular formula is C19H19FN4O3S. The number of hydrazine groups is 1. The van der Waals surface area contributed by atoms with Gasteiger partial charge in [-0.1, -0.05) is 24.3 Å². The van der Waals surface area contributed by atoms with Gasteiger partial charge in [0.2, 0.25) is 0 Å². The fraction of sp³-hybridized carbons (Fsp3) is 0.211. The minimum absolute atomic E-state index is 0.0858. The summed E-state index contributed by atoms with van der Waals surface area (Å²) in [7, 11) is 1.52. The maximum absolute atomic E-state index is 12.9. The summed E-state index contributed by atoms with van der Waals surface area (Å²) in [6.07, 6.45) is 0. The second kappa shape index (κ2) is 7.81. The Balaban J connectivity index is 1.67. The predicted octanol–water partition coefficient (Wildman–Crippen LogP) is 2.18. The van der Waals surface area contributed by atoms with Crippen molar-refractivity contribution in [2.24, 2.45) is 0 Å². The number of nitrogens with one attached hydrogen (secondary N) is 3. The van der Waals surface area contributed by atoms with Gasteiger partial charge >= 0.3 is 6.03 Å². The van der Waals surface area contributed by atoms with Crippen LogP contribution in [0.3, 0.4) is 0 Å². The van der Waals surface area contributed by atoms with Crippen molar-refractivity contribution in [1.29, 1.82) is 0 Å². The van der Waals surface area contributed by atoms with Gasteiger partial charge in [-0.3, -0.25) is 10.2 Å². The van der Waals surface area contributed by atoms with Crippen molar-refractivity contribution < 1.29 is 18.7 Å². The van der Waals surface area contributed by atoms with Gasteiger partial charge in [-0.2, -0.15) is 5.01 Å². The summed E-state index contributed by atoms with van der Waals surface area (Å²) in [4.78, 5) is 25.2. The topological polar surface area (TPSA) is 82.7 Å². The largest absolute Gasteiger partial charge is 0.497 e. The second-order valence-corrected chi connectivity index (χ2v) is 6.76. The number of amides is 3. The molecule has 1 aliphatic rings. The van der Waals surface area contributed by atoms with Crippen LogP contribution in [0.4, 0.5) is 9.18 Å². The van der Waals surface area contributed by atoms with E-state index >= 15 is 0 Å². The quantitative estimate of drug-likeness (QED) is 0.525. The molecule has 1 heterocycles. The number of hydrogen-bond donors (Lipinski definition) is 3.